The summed E-state index contributed by atoms with van der Waals surface area (Å²) in [5, 5.41) is 2.60. The van der Waals surface area contributed by atoms with Gasteiger partial charge in [0.1, 0.15) is 0 Å². The van der Waals surface area contributed by atoms with E-state index in [1.165, 1.54) is 19.1 Å². The van der Waals surface area contributed by atoms with Crippen molar-refractivity contribution in [1.29, 1.82) is 0 Å². The Morgan fingerprint density at radius 2 is 1.95 bits per heavy atom. The maximum Gasteiger partial charge on any atom is 0.240 e. The molecule has 1 unspecified atom stereocenters. The minimum Gasteiger partial charge on any atom is -0.326 e. The molecule has 2 rings (SSSR count). The Balaban J connectivity index is 2.07. The van der Waals surface area contributed by atoms with Crippen LogP contribution in [0.2, 0.25) is 0 Å². The topological polar surface area (TPSA) is 78.5 Å². The number of hydrogen-bond acceptors (Lipinski definition) is 4. The van der Waals surface area contributed by atoms with Crippen LogP contribution in [0.3, 0.4) is 0 Å². The summed E-state index contributed by atoms with van der Waals surface area (Å²) in [6.45, 7) is 3.03. The SMILES string of the molecule is CC(=O)Nc1ccc(S(=O)(=O)NC2CCN(C)C2)cc1. The summed E-state index contributed by atoms with van der Waals surface area (Å²) in [5.41, 5.74) is 0.581. The molecule has 0 bridgehead atoms. The van der Waals surface area contributed by atoms with Gasteiger partial charge in [-0.05, 0) is 44.3 Å². The number of sulfonamides is 1. The first-order valence-electron chi connectivity index (χ1n) is 6.45. The summed E-state index contributed by atoms with van der Waals surface area (Å²) in [7, 11) is -1.53. The number of likely N-dealkylation sites (tertiary alicyclic amines) is 1. The lowest BCUT2D eigenvalue weighted by Crippen LogP contribution is -2.36. The molecule has 2 N–H and O–H groups in total. The van der Waals surface area contributed by atoms with Crippen molar-refractivity contribution in [2.45, 2.75) is 24.3 Å². The molecule has 7 heteroatoms. The van der Waals surface area contributed by atoms with E-state index in [4.69, 9.17) is 0 Å². The zero-order chi connectivity index (χ0) is 14.8. The smallest absolute Gasteiger partial charge is 0.240 e. The van der Waals surface area contributed by atoms with Crippen LogP contribution in [0.5, 0.6) is 0 Å². The summed E-state index contributed by atoms with van der Waals surface area (Å²) in [4.78, 5) is 13.2. The standard InChI is InChI=1S/C13H19N3O3S/c1-10(17)14-11-3-5-13(6-4-11)20(18,19)15-12-7-8-16(2)9-12/h3-6,12,15H,7-9H2,1-2H3,(H,14,17). The fourth-order valence-corrected chi connectivity index (χ4v) is 3.50. The number of nitrogens with zero attached hydrogens (tertiary/aromatic N) is 1. The third-order valence-corrected chi connectivity index (χ3v) is 4.73. The molecule has 0 spiro atoms. The molecule has 110 valence electrons. The Labute approximate surface area is 119 Å². The number of anilines is 1. The molecule has 1 heterocycles. The Hall–Kier alpha value is -1.44. The van der Waals surface area contributed by atoms with E-state index in [0.29, 0.717) is 5.69 Å². The highest BCUT2D eigenvalue weighted by molar-refractivity contribution is 7.89. The van der Waals surface area contributed by atoms with E-state index >= 15 is 0 Å². The summed E-state index contributed by atoms with van der Waals surface area (Å²) < 4.78 is 27.1. The fraction of sp³-hybridized carbons (Fsp3) is 0.462. The van der Waals surface area contributed by atoms with Crippen LogP contribution in [0.25, 0.3) is 0 Å². The van der Waals surface area contributed by atoms with E-state index < -0.39 is 10.0 Å². The molecule has 1 aromatic rings. The molecule has 0 aliphatic carbocycles. The molecule has 1 fully saturated rings. The number of hydrogen-bond donors (Lipinski definition) is 2. The summed E-state index contributed by atoms with van der Waals surface area (Å²) >= 11 is 0. The van der Waals surface area contributed by atoms with Crippen LogP contribution >= 0.6 is 0 Å². The molecule has 1 atom stereocenters. The zero-order valence-corrected chi connectivity index (χ0v) is 12.4. The average molecular weight is 297 g/mol. The van der Waals surface area contributed by atoms with Crippen LogP contribution in [0, 0.1) is 0 Å². The molecule has 0 aromatic heterocycles. The second kappa shape index (κ2) is 5.90. The van der Waals surface area contributed by atoms with Crippen molar-refractivity contribution in [2.75, 3.05) is 25.5 Å². The highest BCUT2D eigenvalue weighted by Gasteiger charge is 2.25. The van der Waals surface area contributed by atoms with E-state index in [-0.39, 0.29) is 16.8 Å². The summed E-state index contributed by atoms with van der Waals surface area (Å²) in [6.07, 6.45) is 0.819. The number of nitrogens with one attached hydrogen (secondary N) is 2. The van der Waals surface area contributed by atoms with Gasteiger partial charge in [-0.25, -0.2) is 13.1 Å². The molecule has 6 nitrogen and oxygen atoms in total. The van der Waals surface area contributed by atoms with Crippen molar-refractivity contribution in [1.82, 2.24) is 9.62 Å². The van der Waals surface area contributed by atoms with Crippen LogP contribution in [0.4, 0.5) is 5.69 Å². The molecular formula is C13H19N3O3S. The minimum absolute atomic E-state index is 0.0416. The van der Waals surface area contributed by atoms with Gasteiger partial charge in [-0.1, -0.05) is 0 Å². The van der Waals surface area contributed by atoms with Gasteiger partial charge in [0.25, 0.3) is 0 Å². The third kappa shape index (κ3) is 3.78. The summed E-state index contributed by atoms with van der Waals surface area (Å²) in [6, 6.07) is 6.10. The predicted molar refractivity (Wildman–Crippen MR) is 77.0 cm³/mol. The number of rotatable bonds is 4. The van der Waals surface area contributed by atoms with Crippen LogP contribution in [-0.2, 0) is 14.8 Å². The van der Waals surface area contributed by atoms with Crippen molar-refractivity contribution in [3.8, 4) is 0 Å². The second-order valence-electron chi connectivity index (χ2n) is 5.07. The third-order valence-electron chi connectivity index (χ3n) is 3.20. The van der Waals surface area contributed by atoms with Gasteiger partial charge in [-0.15, -0.1) is 0 Å². The lowest BCUT2D eigenvalue weighted by Gasteiger charge is -2.13. The number of benzene rings is 1. The Morgan fingerprint density at radius 1 is 1.30 bits per heavy atom. The van der Waals surface area contributed by atoms with Crippen LogP contribution in [-0.4, -0.2) is 45.4 Å². The van der Waals surface area contributed by atoms with E-state index in [1.807, 2.05) is 7.05 Å². The van der Waals surface area contributed by atoms with Crippen molar-refractivity contribution >= 4 is 21.6 Å². The van der Waals surface area contributed by atoms with Gasteiger partial charge < -0.3 is 10.2 Å². The maximum atomic E-state index is 12.2. The van der Waals surface area contributed by atoms with Gasteiger partial charge in [-0.3, -0.25) is 4.79 Å². The second-order valence-corrected chi connectivity index (χ2v) is 6.79. The van der Waals surface area contributed by atoms with Crippen molar-refractivity contribution in [2.24, 2.45) is 0 Å². The number of carbonyl (C=O) groups is 1. The molecule has 1 aliphatic heterocycles. The van der Waals surface area contributed by atoms with Gasteiger partial charge in [-0.2, -0.15) is 0 Å². The van der Waals surface area contributed by atoms with Gasteiger partial charge >= 0.3 is 0 Å². The van der Waals surface area contributed by atoms with Crippen molar-refractivity contribution < 1.29 is 13.2 Å². The first kappa shape index (κ1) is 15.0. The lowest BCUT2D eigenvalue weighted by molar-refractivity contribution is -0.114. The number of carbonyl (C=O) groups excluding carboxylic acids is 1. The van der Waals surface area contributed by atoms with Crippen LogP contribution in [0.1, 0.15) is 13.3 Å². The van der Waals surface area contributed by atoms with Gasteiger partial charge in [0.15, 0.2) is 0 Å². The highest BCUT2D eigenvalue weighted by Crippen LogP contribution is 2.16. The van der Waals surface area contributed by atoms with Crippen LogP contribution < -0.4 is 10.0 Å². The van der Waals surface area contributed by atoms with Gasteiger partial charge in [0, 0.05) is 25.2 Å². The Bertz CT molecular complexity index is 583. The van der Waals surface area contributed by atoms with Crippen molar-refractivity contribution in [3.63, 3.8) is 0 Å². The van der Waals surface area contributed by atoms with E-state index in [0.717, 1.165) is 19.5 Å². The quantitative estimate of drug-likeness (QED) is 0.854. The monoisotopic (exact) mass is 297 g/mol. The molecule has 0 radical (unpaired) electrons. The average Bonchev–Trinajstić information content (AvgIpc) is 2.74. The molecule has 1 aliphatic rings. The summed E-state index contributed by atoms with van der Waals surface area (Å²) in [5.74, 6) is -0.187. The molecular weight excluding hydrogens is 278 g/mol. The minimum atomic E-state index is -3.50. The maximum absolute atomic E-state index is 12.2. The van der Waals surface area contributed by atoms with Crippen LogP contribution in [0.15, 0.2) is 29.2 Å². The first-order chi connectivity index (χ1) is 9.37. The zero-order valence-electron chi connectivity index (χ0n) is 11.6. The van der Waals surface area contributed by atoms with Gasteiger partial charge in [0.2, 0.25) is 15.9 Å². The molecule has 20 heavy (non-hydrogen) atoms. The van der Waals surface area contributed by atoms with E-state index in [9.17, 15) is 13.2 Å². The Kier molecular flexibility index (Phi) is 4.42. The number of amides is 1. The lowest BCUT2D eigenvalue weighted by atomic mass is 10.3. The number of likely N-dealkylation sites (N-methyl/N-ethyl adjacent to an activating group) is 1. The predicted octanol–water partition coefficient (Wildman–Crippen LogP) is 0.627. The molecule has 1 amide bonds. The normalized spacial score (nSPS) is 20.0. The Morgan fingerprint density at radius 3 is 2.45 bits per heavy atom. The van der Waals surface area contributed by atoms with E-state index in [2.05, 4.69) is 14.9 Å². The molecule has 1 aromatic carbocycles. The largest absolute Gasteiger partial charge is 0.326 e. The molecule has 1 saturated heterocycles. The van der Waals surface area contributed by atoms with E-state index in [1.54, 1.807) is 12.1 Å². The van der Waals surface area contributed by atoms with Gasteiger partial charge in [0.05, 0.1) is 4.90 Å². The fourth-order valence-electron chi connectivity index (χ4n) is 2.24. The molecule has 0 saturated carbocycles. The highest BCUT2D eigenvalue weighted by atomic mass is 32.2. The van der Waals surface area contributed by atoms with Crippen molar-refractivity contribution in [3.05, 3.63) is 24.3 Å². The first-order valence-corrected chi connectivity index (χ1v) is 7.94.